The van der Waals surface area contributed by atoms with E-state index in [-0.39, 0.29) is 32.8 Å². The Morgan fingerprint density at radius 2 is 2.10 bits per heavy atom. The molecule has 1 aliphatic heterocycles. The van der Waals surface area contributed by atoms with Crippen molar-refractivity contribution in [1.82, 2.24) is 5.32 Å². The van der Waals surface area contributed by atoms with Crippen molar-refractivity contribution in [1.29, 1.82) is 0 Å². The molecule has 5 N–H and O–H groups in total. The van der Waals surface area contributed by atoms with Gasteiger partial charge in [-0.1, -0.05) is 0 Å². The third-order valence-corrected chi connectivity index (χ3v) is 6.08. The zero-order chi connectivity index (χ0) is 15.4. The van der Waals surface area contributed by atoms with Crippen molar-refractivity contribution in [3.8, 4) is 0 Å². The van der Waals surface area contributed by atoms with Crippen molar-refractivity contribution in [2.45, 2.75) is 43.5 Å². The van der Waals surface area contributed by atoms with Crippen molar-refractivity contribution in [3.05, 3.63) is 19.8 Å². The molecule has 2 heterocycles. The van der Waals surface area contributed by atoms with Gasteiger partial charge in [0.05, 0.1) is 0 Å². The standard InChI is InChI=1S/C13H19NO6Te/c15-6-8-11(17)12(18)10(13(19)20-8)14-9(16)4-3-7-2-1-5-21-7/h1-2,5,8,10-13,15,17-19H,3-4,6H2,(H,14,16)/t8?,10?,11-,12-,13-/m1/s1. The van der Waals surface area contributed by atoms with Crippen LogP contribution in [0.4, 0.5) is 0 Å². The van der Waals surface area contributed by atoms with Crippen LogP contribution in [0.3, 0.4) is 0 Å². The van der Waals surface area contributed by atoms with Crippen molar-refractivity contribution >= 4 is 26.3 Å². The van der Waals surface area contributed by atoms with Crippen LogP contribution < -0.4 is 5.32 Å². The first-order valence-corrected chi connectivity index (χ1v) is 9.16. The van der Waals surface area contributed by atoms with Crippen LogP contribution >= 0.6 is 0 Å². The average molecular weight is 413 g/mol. The molecule has 21 heavy (non-hydrogen) atoms. The van der Waals surface area contributed by atoms with Crippen LogP contribution in [0.15, 0.2) is 16.2 Å². The number of carbonyl (C=O) groups is 1. The fourth-order valence-electron chi connectivity index (χ4n) is 2.20. The molecule has 0 bridgehead atoms. The fourth-order valence-corrected chi connectivity index (χ4v) is 4.23. The number of amides is 1. The number of nitrogens with one attached hydrogen (secondary N) is 1. The fraction of sp³-hybridized carbons (Fsp3) is 0.615. The van der Waals surface area contributed by atoms with Gasteiger partial charge in [0, 0.05) is 0 Å². The van der Waals surface area contributed by atoms with Gasteiger partial charge in [-0.3, -0.25) is 0 Å². The number of hydrogen-bond donors (Lipinski definition) is 5. The number of carbonyl (C=O) groups excluding carboxylic acids is 1. The molecule has 1 aromatic heterocycles. The van der Waals surface area contributed by atoms with Gasteiger partial charge in [-0.25, -0.2) is 0 Å². The topological polar surface area (TPSA) is 119 Å². The van der Waals surface area contributed by atoms with E-state index >= 15 is 0 Å². The normalized spacial score (nSPS) is 32.9. The van der Waals surface area contributed by atoms with Gasteiger partial charge in [0.25, 0.3) is 0 Å². The van der Waals surface area contributed by atoms with E-state index in [1.54, 1.807) is 0 Å². The van der Waals surface area contributed by atoms with E-state index in [4.69, 9.17) is 9.84 Å². The van der Waals surface area contributed by atoms with Gasteiger partial charge in [0.15, 0.2) is 0 Å². The predicted octanol–water partition coefficient (Wildman–Crippen LogP) is -2.41. The van der Waals surface area contributed by atoms with Gasteiger partial charge in [0.2, 0.25) is 0 Å². The summed E-state index contributed by atoms with van der Waals surface area (Å²) in [7, 11) is 0. The van der Waals surface area contributed by atoms with E-state index in [1.807, 2.05) is 12.1 Å². The summed E-state index contributed by atoms with van der Waals surface area (Å²) in [5.74, 6) is -0.323. The Bertz CT molecular complexity index is 454. The van der Waals surface area contributed by atoms with Crippen molar-refractivity contribution in [2.75, 3.05) is 6.61 Å². The Kier molecular flexibility index (Phi) is 6.19. The van der Waals surface area contributed by atoms with Gasteiger partial charge in [-0.15, -0.1) is 0 Å². The van der Waals surface area contributed by atoms with Crippen LogP contribution in [-0.4, -0.2) is 84.0 Å². The number of ether oxygens (including phenoxy) is 1. The Morgan fingerprint density at radius 1 is 1.33 bits per heavy atom. The first kappa shape index (κ1) is 16.9. The van der Waals surface area contributed by atoms with E-state index in [9.17, 15) is 20.1 Å². The van der Waals surface area contributed by atoms with Gasteiger partial charge in [-0.2, -0.15) is 0 Å². The first-order valence-electron chi connectivity index (χ1n) is 6.65. The van der Waals surface area contributed by atoms with Crippen LogP contribution in [0, 0.1) is 0 Å². The second kappa shape index (κ2) is 7.70. The Balaban J connectivity index is 1.87. The Morgan fingerprint density at radius 3 is 2.71 bits per heavy atom. The van der Waals surface area contributed by atoms with Crippen LogP contribution in [0.5, 0.6) is 0 Å². The SMILES string of the molecule is O=C(CCc1ccc[te]1)NC1[C@H](O)OC(CO)[C@@H](O)[C@@H]1O. The molecule has 2 unspecified atom stereocenters. The van der Waals surface area contributed by atoms with Gasteiger partial charge in [-0.05, 0) is 0 Å². The third-order valence-electron chi connectivity index (χ3n) is 3.41. The molecular formula is C13H19NO6Te. The van der Waals surface area contributed by atoms with Crippen LogP contribution in [0.2, 0.25) is 0 Å². The summed E-state index contributed by atoms with van der Waals surface area (Å²) in [6.45, 7) is -0.526. The van der Waals surface area contributed by atoms with Crippen molar-refractivity contribution < 1.29 is 30.0 Å². The third kappa shape index (κ3) is 4.27. The molecule has 0 aromatic carbocycles. The number of hydrogen-bond acceptors (Lipinski definition) is 6. The van der Waals surface area contributed by atoms with Gasteiger partial charge >= 0.3 is 131 Å². The molecule has 1 saturated heterocycles. The first-order chi connectivity index (χ1) is 10.0. The molecular weight excluding hydrogens is 394 g/mol. The maximum atomic E-state index is 11.9. The van der Waals surface area contributed by atoms with Gasteiger partial charge < -0.3 is 0 Å². The van der Waals surface area contributed by atoms with Crippen molar-refractivity contribution in [3.63, 3.8) is 0 Å². The average Bonchev–Trinajstić information content (AvgIpc) is 2.98. The second-order valence-corrected chi connectivity index (χ2v) is 7.85. The molecule has 1 fully saturated rings. The summed E-state index contributed by atoms with van der Waals surface area (Å²) >= 11 is -0.271. The number of aliphatic hydroxyl groups is 4. The number of aryl methyl sites for hydroxylation is 1. The minimum absolute atomic E-state index is 0.258. The molecule has 1 amide bonds. The van der Waals surface area contributed by atoms with E-state index in [2.05, 4.69) is 9.40 Å². The molecule has 5 atom stereocenters. The monoisotopic (exact) mass is 415 g/mol. The van der Waals surface area contributed by atoms with Crippen molar-refractivity contribution in [2.24, 2.45) is 0 Å². The van der Waals surface area contributed by atoms with E-state index in [0.29, 0.717) is 6.42 Å². The molecule has 118 valence electrons. The van der Waals surface area contributed by atoms with E-state index in [0.717, 1.165) is 0 Å². The zero-order valence-corrected chi connectivity index (χ0v) is 13.6. The van der Waals surface area contributed by atoms with Crippen LogP contribution in [0.1, 0.15) is 10.0 Å². The zero-order valence-electron chi connectivity index (χ0n) is 11.3. The van der Waals surface area contributed by atoms with Gasteiger partial charge in [0.1, 0.15) is 0 Å². The summed E-state index contributed by atoms with van der Waals surface area (Å²) in [6.07, 6.45) is -4.38. The molecule has 1 aromatic rings. The molecule has 0 aliphatic carbocycles. The molecule has 0 saturated carbocycles. The molecule has 0 radical (unpaired) electrons. The minimum atomic E-state index is -1.47. The number of aliphatic hydroxyl groups excluding tert-OH is 4. The predicted molar refractivity (Wildman–Crippen MR) is 73.6 cm³/mol. The van der Waals surface area contributed by atoms with Crippen LogP contribution in [0.25, 0.3) is 0 Å². The molecule has 0 spiro atoms. The maximum absolute atomic E-state index is 11.9. The summed E-state index contributed by atoms with van der Waals surface area (Å²) in [6, 6.07) is 2.89. The molecule has 1 aliphatic rings. The number of rotatable bonds is 5. The molecule has 7 nitrogen and oxygen atoms in total. The Labute approximate surface area is 131 Å². The summed E-state index contributed by atoms with van der Waals surface area (Å²) in [4.78, 5) is 11.9. The summed E-state index contributed by atoms with van der Waals surface area (Å²) < 4.78 is 8.38. The van der Waals surface area contributed by atoms with Crippen LogP contribution in [-0.2, 0) is 16.0 Å². The molecule has 8 heteroatoms. The summed E-state index contributed by atoms with van der Waals surface area (Å²) in [5.41, 5.74) is 0. The molecule has 2 rings (SSSR count). The second-order valence-electron chi connectivity index (χ2n) is 4.90. The van der Waals surface area contributed by atoms with E-state index < -0.39 is 37.3 Å². The quantitative estimate of drug-likeness (QED) is 0.344. The summed E-state index contributed by atoms with van der Waals surface area (Å²) in [5, 5.41) is 40.8. The van der Waals surface area contributed by atoms with E-state index in [1.165, 1.54) is 3.58 Å². The Hall–Kier alpha value is -0.460.